The SMILES string of the molecule is NCC(=O)NCc1cn(-c2ccc(Br)cc2[N+](=O)[O-])nn1. The third kappa shape index (κ3) is 3.61. The highest BCUT2D eigenvalue weighted by Gasteiger charge is 2.17. The number of nitrogens with zero attached hydrogens (tertiary/aromatic N) is 4. The average Bonchev–Trinajstić information content (AvgIpc) is 2.93. The molecule has 0 unspecified atom stereocenters. The molecule has 0 bridgehead atoms. The molecule has 3 N–H and O–H groups in total. The number of carbonyl (C=O) groups is 1. The van der Waals surface area contributed by atoms with Gasteiger partial charge in [-0.1, -0.05) is 21.1 Å². The number of benzene rings is 1. The number of amides is 1. The molecule has 0 fully saturated rings. The van der Waals surface area contributed by atoms with E-state index in [1.54, 1.807) is 12.1 Å². The van der Waals surface area contributed by atoms with Crippen LogP contribution in [0.5, 0.6) is 0 Å². The summed E-state index contributed by atoms with van der Waals surface area (Å²) in [7, 11) is 0. The van der Waals surface area contributed by atoms with Crippen molar-refractivity contribution in [2.45, 2.75) is 6.54 Å². The minimum absolute atomic E-state index is 0.105. The first kappa shape index (κ1) is 15.1. The molecule has 1 amide bonds. The van der Waals surface area contributed by atoms with Crippen molar-refractivity contribution in [3.63, 3.8) is 0 Å². The van der Waals surface area contributed by atoms with Gasteiger partial charge in [0.2, 0.25) is 5.91 Å². The lowest BCUT2D eigenvalue weighted by atomic mass is 10.2. The van der Waals surface area contributed by atoms with Crippen molar-refractivity contribution in [2.24, 2.45) is 5.73 Å². The van der Waals surface area contributed by atoms with Gasteiger partial charge in [0.15, 0.2) is 0 Å². The molecule has 2 rings (SSSR count). The number of aromatic nitrogens is 3. The van der Waals surface area contributed by atoms with Crippen molar-refractivity contribution in [2.75, 3.05) is 6.54 Å². The second-order valence-corrected chi connectivity index (χ2v) is 4.94. The Hall–Kier alpha value is -2.33. The molecule has 1 heterocycles. The fourth-order valence-electron chi connectivity index (χ4n) is 1.60. The molecule has 21 heavy (non-hydrogen) atoms. The number of hydrogen-bond donors (Lipinski definition) is 2. The van der Waals surface area contributed by atoms with Crippen LogP contribution >= 0.6 is 15.9 Å². The van der Waals surface area contributed by atoms with Crippen molar-refractivity contribution >= 4 is 27.5 Å². The van der Waals surface area contributed by atoms with Gasteiger partial charge in [-0.25, -0.2) is 4.68 Å². The van der Waals surface area contributed by atoms with Crippen molar-refractivity contribution in [3.05, 3.63) is 44.7 Å². The second kappa shape index (κ2) is 6.41. The highest BCUT2D eigenvalue weighted by Crippen LogP contribution is 2.26. The smallest absolute Gasteiger partial charge is 0.296 e. The van der Waals surface area contributed by atoms with E-state index in [0.717, 1.165) is 0 Å². The predicted molar refractivity (Wildman–Crippen MR) is 76.6 cm³/mol. The fourth-order valence-corrected chi connectivity index (χ4v) is 1.94. The van der Waals surface area contributed by atoms with E-state index in [2.05, 4.69) is 31.6 Å². The summed E-state index contributed by atoms with van der Waals surface area (Å²) in [5.41, 5.74) is 5.81. The van der Waals surface area contributed by atoms with E-state index in [1.165, 1.54) is 16.9 Å². The normalized spacial score (nSPS) is 10.4. The second-order valence-electron chi connectivity index (χ2n) is 4.03. The molecule has 1 aromatic carbocycles. The summed E-state index contributed by atoms with van der Waals surface area (Å²) in [5, 5.41) is 21.3. The van der Waals surface area contributed by atoms with Crippen LogP contribution in [0.3, 0.4) is 0 Å². The number of nitrogens with two attached hydrogens (primary N) is 1. The number of nitro benzene ring substituents is 1. The molecule has 0 saturated carbocycles. The van der Waals surface area contributed by atoms with Gasteiger partial charge < -0.3 is 11.1 Å². The largest absolute Gasteiger partial charge is 0.349 e. The van der Waals surface area contributed by atoms with Crippen LogP contribution in [0, 0.1) is 10.1 Å². The maximum atomic E-state index is 11.1. The highest BCUT2D eigenvalue weighted by atomic mass is 79.9. The van der Waals surface area contributed by atoms with Gasteiger partial charge in [-0.05, 0) is 12.1 Å². The topological polar surface area (TPSA) is 129 Å². The molecular weight excluding hydrogens is 344 g/mol. The first-order chi connectivity index (χ1) is 10.0. The summed E-state index contributed by atoms with van der Waals surface area (Å²) in [4.78, 5) is 21.6. The van der Waals surface area contributed by atoms with Gasteiger partial charge in [0.25, 0.3) is 5.69 Å². The summed E-state index contributed by atoms with van der Waals surface area (Å²) in [6.45, 7) is 0.0344. The Labute approximate surface area is 127 Å². The Bertz CT molecular complexity index is 686. The summed E-state index contributed by atoms with van der Waals surface area (Å²) in [6.07, 6.45) is 1.51. The Balaban J connectivity index is 2.25. The number of nitro groups is 1. The Morgan fingerprint density at radius 1 is 1.52 bits per heavy atom. The van der Waals surface area contributed by atoms with E-state index < -0.39 is 4.92 Å². The van der Waals surface area contributed by atoms with Crippen molar-refractivity contribution < 1.29 is 9.72 Å². The quantitative estimate of drug-likeness (QED) is 0.594. The van der Waals surface area contributed by atoms with Gasteiger partial charge in [-0.15, -0.1) is 5.10 Å². The van der Waals surface area contributed by atoms with E-state index in [-0.39, 0.29) is 30.4 Å². The average molecular weight is 355 g/mol. The van der Waals surface area contributed by atoms with E-state index in [4.69, 9.17) is 5.73 Å². The molecule has 0 spiro atoms. The van der Waals surface area contributed by atoms with Crippen LogP contribution in [-0.2, 0) is 11.3 Å². The van der Waals surface area contributed by atoms with Crippen LogP contribution in [0.25, 0.3) is 5.69 Å². The molecule has 0 aliphatic rings. The van der Waals surface area contributed by atoms with Crippen molar-refractivity contribution in [1.82, 2.24) is 20.3 Å². The number of nitrogens with one attached hydrogen (secondary N) is 1. The molecule has 0 saturated heterocycles. The number of halogens is 1. The Kier molecular flexibility index (Phi) is 4.60. The molecule has 1 aromatic heterocycles. The fraction of sp³-hybridized carbons (Fsp3) is 0.182. The zero-order valence-electron chi connectivity index (χ0n) is 10.7. The molecule has 0 aliphatic carbocycles. The van der Waals surface area contributed by atoms with Gasteiger partial charge in [0.1, 0.15) is 11.4 Å². The third-order valence-corrected chi connectivity index (χ3v) is 3.07. The van der Waals surface area contributed by atoms with Crippen LogP contribution in [0.4, 0.5) is 5.69 Å². The predicted octanol–water partition coefficient (Wildman–Crippen LogP) is 0.513. The standard InChI is InChI=1S/C11H11BrN6O3/c12-7-1-2-9(10(3-7)18(20)21)17-6-8(15-16-17)5-14-11(19)4-13/h1-3,6H,4-5,13H2,(H,14,19). The number of rotatable bonds is 5. The monoisotopic (exact) mass is 354 g/mol. The summed E-state index contributed by atoms with van der Waals surface area (Å²) in [6, 6.07) is 4.60. The lowest BCUT2D eigenvalue weighted by molar-refractivity contribution is -0.384. The Morgan fingerprint density at radius 3 is 2.95 bits per heavy atom. The zero-order valence-corrected chi connectivity index (χ0v) is 12.3. The van der Waals surface area contributed by atoms with E-state index in [1.807, 2.05) is 0 Å². The molecule has 0 aliphatic heterocycles. The molecule has 2 aromatic rings. The maximum Gasteiger partial charge on any atom is 0.296 e. The minimum Gasteiger partial charge on any atom is -0.349 e. The van der Waals surface area contributed by atoms with Gasteiger partial charge >= 0.3 is 0 Å². The van der Waals surface area contributed by atoms with E-state index >= 15 is 0 Å². The molecule has 0 atom stereocenters. The van der Waals surface area contributed by atoms with Crippen LogP contribution in [0.2, 0.25) is 0 Å². The molecule has 0 radical (unpaired) electrons. The maximum absolute atomic E-state index is 11.1. The first-order valence-corrected chi connectivity index (χ1v) is 6.63. The summed E-state index contributed by atoms with van der Waals surface area (Å²) in [5.74, 6) is -0.320. The van der Waals surface area contributed by atoms with Crippen molar-refractivity contribution in [3.8, 4) is 5.69 Å². The lowest BCUT2D eigenvalue weighted by Gasteiger charge is -2.02. The third-order valence-electron chi connectivity index (χ3n) is 2.57. The van der Waals surface area contributed by atoms with Crippen LogP contribution in [0.15, 0.2) is 28.9 Å². The lowest BCUT2D eigenvalue weighted by Crippen LogP contribution is -2.29. The van der Waals surface area contributed by atoms with E-state index in [9.17, 15) is 14.9 Å². The molecule has 110 valence electrons. The van der Waals surface area contributed by atoms with Gasteiger partial charge in [-0.2, -0.15) is 0 Å². The summed E-state index contributed by atoms with van der Waals surface area (Å²) >= 11 is 3.18. The van der Waals surface area contributed by atoms with Gasteiger partial charge in [0.05, 0.1) is 24.2 Å². The summed E-state index contributed by atoms with van der Waals surface area (Å²) < 4.78 is 1.88. The molecule has 9 nitrogen and oxygen atoms in total. The minimum atomic E-state index is -0.502. The molecule has 10 heteroatoms. The first-order valence-electron chi connectivity index (χ1n) is 5.83. The van der Waals surface area contributed by atoms with Crippen molar-refractivity contribution in [1.29, 1.82) is 0 Å². The van der Waals surface area contributed by atoms with Gasteiger partial charge in [-0.3, -0.25) is 14.9 Å². The van der Waals surface area contributed by atoms with Gasteiger partial charge in [0, 0.05) is 10.5 Å². The highest BCUT2D eigenvalue weighted by molar-refractivity contribution is 9.10. The van der Waals surface area contributed by atoms with E-state index in [0.29, 0.717) is 10.2 Å². The number of hydrogen-bond acceptors (Lipinski definition) is 6. The number of carbonyl (C=O) groups excluding carboxylic acids is 1. The zero-order chi connectivity index (χ0) is 15.4. The molecular formula is C11H11BrN6O3. The van der Waals surface area contributed by atoms with Crippen LogP contribution in [0.1, 0.15) is 5.69 Å². The van der Waals surface area contributed by atoms with Crippen LogP contribution < -0.4 is 11.1 Å². The van der Waals surface area contributed by atoms with Crippen LogP contribution in [-0.4, -0.2) is 32.4 Å². The Morgan fingerprint density at radius 2 is 2.29 bits per heavy atom.